The fraction of sp³-hybridized carbons (Fsp3) is 0.176. The van der Waals surface area contributed by atoms with Gasteiger partial charge < -0.3 is 15.4 Å². The van der Waals surface area contributed by atoms with Crippen molar-refractivity contribution in [3.8, 4) is 5.75 Å². The summed E-state index contributed by atoms with van der Waals surface area (Å²) in [5.41, 5.74) is 1.13. The van der Waals surface area contributed by atoms with Gasteiger partial charge in [0.15, 0.2) is 0 Å². The van der Waals surface area contributed by atoms with Gasteiger partial charge in [0.25, 0.3) is 5.91 Å². The van der Waals surface area contributed by atoms with Crippen LogP contribution in [0, 0.1) is 0 Å². The molecule has 0 aliphatic heterocycles. The summed E-state index contributed by atoms with van der Waals surface area (Å²) in [6, 6.07) is 15.2. The van der Waals surface area contributed by atoms with Gasteiger partial charge in [0.2, 0.25) is 5.91 Å². The highest BCUT2D eigenvalue weighted by Crippen LogP contribution is 2.16. The van der Waals surface area contributed by atoms with Crippen LogP contribution in [0.15, 0.2) is 54.6 Å². The molecule has 0 fully saturated rings. The van der Waals surface area contributed by atoms with Crippen LogP contribution in [0.2, 0.25) is 0 Å². The first-order chi connectivity index (χ1) is 10.6. The topological polar surface area (TPSA) is 67.4 Å². The first-order valence-corrected chi connectivity index (χ1v) is 6.91. The zero-order valence-electron chi connectivity index (χ0n) is 12.5. The lowest BCUT2D eigenvalue weighted by Crippen LogP contribution is -2.41. The molecule has 114 valence electrons. The second-order valence-corrected chi connectivity index (χ2v) is 4.78. The predicted octanol–water partition coefficient (Wildman–Crippen LogP) is 2.45. The Kier molecular flexibility index (Phi) is 5.14. The number of carbonyl (C=O) groups excluding carboxylic acids is 2. The molecule has 0 spiro atoms. The van der Waals surface area contributed by atoms with Gasteiger partial charge in [-0.2, -0.15) is 0 Å². The fourth-order valence-electron chi connectivity index (χ4n) is 1.89. The van der Waals surface area contributed by atoms with Crippen LogP contribution in [0.25, 0.3) is 0 Å². The smallest absolute Gasteiger partial charge is 0.251 e. The molecule has 0 aromatic heterocycles. The standard InChI is InChI=1S/C17H18N2O3/c1-12(18-17(21)13-7-4-3-5-8-13)16(20)19-14-9-6-10-15(11-14)22-2/h3-12H,1-2H3,(H,18,21)(H,19,20)/t12-/m0/s1. The highest BCUT2D eigenvalue weighted by atomic mass is 16.5. The highest BCUT2D eigenvalue weighted by molar-refractivity contribution is 6.00. The SMILES string of the molecule is COc1cccc(NC(=O)[C@H](C)NC(=O)c2ccccc2)c1. The molecule has 0 heterocycles. The maximum absolute atomic E-state index is 12.1. The van der Waals surface area contributed by atoms with E-state index in [9.17, 15) is 9.59 Å². The lowest BCUT2D eigenvalue weighted by atomic mass is 10.2. The van der Waals surface area contributed by atoms with Crippen molar-refractivity contribution < 1.29 is 14.3 Å². The van der Waals surface area contributed by atoms with E-state index in [4.69, 9.17) is 4.74 Å². The first kappa shape index (κ1) is 15.6. The fourth-order valence-corrected chi connectivity index (χ4v) is 1.89. The Morgan fingerprint density at radius 2 is 1.77 bits per heavy atom. The van der Waals surface area contributed by atoms with Crippen LogP contribution in [-0.4, -0.2) is 25.0 Å². The van der Waals surface area contributed by atoms with Crippen LogP contribution in [0.5, 0.6) is 5.75 Å². The van der Waals surface area contributed by atoms with Crippen molar-refractivity contribution in [3.05, 3.63) is 60.2 Å². The molecule has 0 saturated heterocycles. The Balaban J connectivity index is 1.96. The first-order valence-electron chi connectivity index (χ1n) is 6.91. The van der Waals surface area contributed by atoms with Crippen LogP contribution in [0.4, 0.5) is 5.69 Å². The average Bonchev–Trinajstić information content (AvgIpc) is 2.55. The number of rotatable bonds is 5. The van der Waals surface area contributed by atoms with Crippen molar-refractivity contribution in [2.24, 2.45) is 0 Å². The summed E-state index contributed by atoms with van der Waals surface area (Å²) in [4.78, 5) is 24.1. The molecule has 0 radical (unpaired) electrons. The largest absolute Gasteiger partial charge is 0.497 e. The van der Waals surface area contributed by atoms with Crippen LogP contribution < -0.4 is 15.4 Å². The maximum Gasteiger partial charge on any atom is 0.251 e. The van der Waals surface area contributed by atoms with Crippen molar-refractivity contribution in [1.82, 2.24) is 5.32 Å². The van der Waals surface area contributed by atoms with Gasteiger partial charge in [0.05, 0.1) is 7.11 Å². The highest BCUT2D eigenvalue weighted by Gasteiger charge is 2.16. The third-order valence-electron chi connectivity index (χ3n) is 3.11. The molecule has 0 saturated carbocycles. The van der Waals surface area contributed by atoms with E-state index in [0.29, 0.717) is 17.0 Å². The molecule has 2 aromatic carbocycles. The van der Waals surface area contributed by atoms with Crippen molar-refractivity contribution in [1.29, 1.82) is 0 Å². The summed E-state index contributed by atoms with van der Waals surface area (Å²) in [5.74, 6) is 0.0743. The van der Waals surface area contributed by atoms with E-state index in [2.05, 4.69) is 10.6 Å². The van der Waals surface area contributed by atoms with Crippen LogP contribution in [-0.2, 0) is 4.79 Å². The molecular formula is C17H18N2O3. The Bertz CT molecular complexity index is 656. The number of carbonyl (C=O) groups is 2. The van der Waals surface area contributed by atoms with Gasteiger partial charge in [0.1, 0.15) is 11.8 Å². The summed E-state index contributed by atoms with van der Waals surface area (Å²) in [6.07, 6.45) is 0. The Hall–Kier alpha value is -2.82. The quantitative estimate of drug-likeness (QED) is 0.891. The lowest BCUT2D eigenvalue weighted by Gasteiger charge is -2.14. The van der Waals surface area contributed by atoms with Gasteiger partial charge in [-0.05, 0) is 31.2 Å². The Morgan fingerprint density at radius 1 is 1.05 bits per heavy atom. The number of anilines is 1. The number of methoxy groups -OCH3 is 1. The van der Waals surface area contributed by atoms with Crippen molar-refractivity contribution in [3.63, 3.8) is 0 Å². The number of amides is 2. The molecule has 5 nitrogen and oxygen atoms in total. The molecule has 0 aliphatic carbocycles. The van der Waals surface area contributed by atoms with E-state index in [-0.39, 0.29) is 11.8 Å². The zero-order valence-corrected chi connectivity index (χ0v) is 12.5. The Labute approximate surface area is 129 Å². The van der Waals surface area contributed by atoms with Gasteiger partial charge in [-0.15, -0.1) is 0 Å². The predicted molar refractivity (Wildman–Crippen MR) is 85.0 cm³/mol. The maximum atomic E-state index is 12.1. The van der Waals surface area contributed by atoms with Crippen LogP contribution >= 0.6 is 0 Å². The van der Waals surface area contributed by atoms with Crippen molar-refractivity contribution in [2.75, 3.05) is 12.4 Å². The summed E-state index contributed by atoms with van der Waals surface area (Å²) in [6.45, 7) is 1.64. The monoisotopic (exact) mass is 298 g/mol. The summed E-state index contributed by atoms with van der Waals surface area (Å²) in [5, 5.41) is 5.40. The van der Waals surface area contributed by atoms with Gasteiger partial charge >= 0.3 is 0 Å². The van der Waals surface area contributed by atoms with Crippen molar-refractivity contribution >= 4 is 17.5 Å². The van der Waals surface area contributed by atoms with Crippen LogP contribution in [0.1, 0.15) is 17.3 Å². The molecule has 22 heavy (non-hydrogen) atoms. The Morgan fingerprint density at radius 3 is 2.45 bits per heavy atom. The normalized spacial score (nSPS) is 11.4. The average molecular weight is 298 g/mol. The van der Waals surface area contributed by atoms with E-state index < -0.39 is 6.04 Å². The molecule has 2 N–H and O–H groups in total. The van der Waals surface area contributed by atoms with E-state index in [1.54, 1.807) is 62.6 Å². The van der Waals surface area contributed by atoms with E-state index in [1.807, 2.05) is 6.07 Å². The number of ether oxygens (including phenoxy) is 1. The van der Waals surface area contributed by atoms with Gasteiger partial charge in [-0.1, -0.05) is 24.3 Å². The van der Waals surface area contributed by atoms with E-state index >= 15 is 0 Å². The third kappa shape index (κ3) is 4.09. The minimum atomic E-state index is -0.654. The zero-order chi connectivity index (χ0) is 15.9. The van der Waals surface area contributed by atoms with Gasteiger partial charge in [-0.25, -0.2) is 0 Å². The third-order valence-corrected chi connectivity index (χ3v) is 3.11. The molecule has 2 rings (SSSR count). The molecular weight excluding hydrogens is 280 g/mol. The number of hydrogen-bond acceptors (Lipinski definition) is 3. The molecule has 2 aromatic rings. The minimum absolute atomic E-state index is 0.283. The molecule has 2 amide bonds. The van der Waals surface area contributed by atoms with E-state index in [0.717, 1.165) is 0 Å². The number of benzene rings is 2. The van der Waals surface area contributed by atoms with Crippen LogP contribution in [0.3, 0.4) is 0 Å². The van der Waals surface area contributed by atoms with Crippen molar-refractivity contribution in [2.45, 2.75) is 13.0 Å². The summed E-state index contributed by atoms with van der Waals surface area (Å²) in [7, 11) is 1.56. The van der Waals surface area contributed by atoms with Gasteiger partial charge in [-0.3, -0.25) is 9.59 Å². The molecule has 5 heteroatoms. The summed E-state index contributed by atoms with van der Waals surface area (Å²) < 4.78 is 5.10. The second kappa shape index (κ2) is 7.26. The van der Waals surface area contributed by atoms with E-state index in [1.165, 1.54) is 0 Å². The molecule has 1 atom stereocenters. The van der Waals surface area contributed by atoms with Gasteiger partial charge in [0, 0.05) is 17.3 Å². The number of hydrogen-bond donors (Lipinski definition) is 2. The molecule has 0 bridgehead atoms. The summed E-state index contributed by atoms with van der Waals surface area (Å²) >= 11 is 0. The second-order valence-electron chi connectivity index (χ2n) is 4.78. The lowest BCUT2D eigenvalue weighted by molar-refractivity contribution is -0.117. The molecule has 0 unspecified atom stereocenters. The molecule has 0 aliphatic rings. The number of nitrogens with one attached hydrogen (secondary N) is 2. The minimum Gasteiger partial charge on any atom is -0.497 e.